The molecule has 0 spiro atoms. The van der Waals surface area contributed by atoms with Crippen LogP contribution in [0.3, 0.4) is 0 Å². The molecule has 1 aromatic rings. The highest BCUT2D eigenvalue weighted by atomic mass is 19.4. The lowest BCUT2D eigenvalue weighted by atomic mass is 10.5. The number of alkyl halides is 3. The molecule has 0 aliphatic heterocycles. The Bertz CT molecular complexity index is 423. The number of halogens is 3. The van der Waals surface area contributed by atoms with Crippen LogP contribution in [0.1, 0.15) is 5.69 Å². The molecule has 1 aromatic heterocycles. The van der Waals surface area contributed by atoms with Gasteiger partial charge in [0.15, 0.2) is 6.61 Å². The van der Waals surface area contributed by atoms with Gasteiger partial charge in [0.25, 0.3) is 5.91 Å². The number of hydrogen-bond acceptors (Lipinski definition) is 4. The summed E-state index contributed by atoms with van der Waals surface area (Å²) >= 11 is 0. The molecular weight excluding hydrogens is 251 g/mol. The molecule has 0 fully saturated rings. The monoisotopic (exact) mass is 263 g/mol. The zero-order valence-corrected chi connectivity index (χ0v) is 9.86. The summed E-state index contributed by atoms with van der Waals surface area (Å²) in [4.78, 5) is 19.6. The van der Waals surface area contributed by atoms with Gasteiger partial charge in [0, 0.05) is 13.2 Å². The van der Waals surface area contributed by atoms with Crippen LogP contribution >= 0.6 is 0 Å². The summed E-state index contributed by atoms with van der Waals surface area (Å²) in [5, 5.41) is 0. The molecule has 5 nitrogen and oxygen atoms in total. The van der Waals surface area contributed by atoms with Gasteiger partial charge in [0.05, 0.1) is 11.9 Å². The second kappa shape index (κ2) is 5.65. The summed E-state index contributed by atoms with van der Waals surface area (Å²) in [6.45, 7) is -0.142. The maximum atomic E-state index is 12.0. The second-order valence-corrected chi connectivity index (χ2v) is 3.65. The van der Waals surface area contributed by atoms with Gasteiger partial charge in [-0.2, -0.15) is 13.2 Å². The van der Waals surface area contributed by atoms with Crippen LogP contribution < -0.4 is 4.74 Å². The minimum Gasteiger partial charge on any atom is -0.466 e. The first kappa shape index (κ1) is 14.2. The third kappa shape index (κ3) is 4.98. The molecular formula is C10H12F3N3O2. The Labute approximate surface area is 102 Å². The maximum absolute atomic E-state index is 12.0. The normalized spacial score (nSPS) is 11.2. The average Bonchev–Trinajstić information content (AvgIpc) is 2.23. The number of hydrogen-bond donors (Lipinski definition) is 0. The van der Waals surface area contributed by atoms with Crippen molar-refractivity contribution in [3.63, 3.8) is 0 Å². The summed E-state index contributed by atoms with van der Waals surface area (Å²) in [5.41, 5.74) is 0.587. The fourth-order valence-corrected chi connectivity index (χ4v) is 1.11. The Morgan fingerprint density at radius 2 is 2.11 bits per heavy atom. The number of rotatable bonds is 4. The molecule has 100 valence electrons. The molecule has 0 aliphatic rings. The van der Waals surface area contributed by atoms with Gasteiger partial charge >= 0.3 is 6.18 Å². The summed E-state index contributed by atoms with van der Waals surface area (Å²) in [6, 6.07) is 0. The van der Waals surface area contributed by atoms with E-state index in [1.54, 1.807) is 6.92 Å². The Morgan fingerprint density at radius 1 is 1.44 bits per heavy atom. The summed E-state index contributed by atoms with van der Waals surface area (Å²) in [5.74, 6) is -0.681. The summed E-state index contributed by atoms with van der Waals surface area (Å²) in [7, 11) is 1.06. The fraction of sp³-hybridized carbons (Fsp3) is 0.500. The number of carbonyl (C=O) groups is 1. The Kier molecular flexibility index (Phi) is 4.46. The highest BCUT2D eigenvalue weighted by molar-refractivity contribution is 5.77. The molecule has 0 unspecified atom stereocenters. The zero-order valence-electron chi connectivity index (χ0n) is 9.86. The van der Waals surface area contributed by atoms with Crippen molar-refractivity contribution in [3.05, 3.63) is 18.1 Å². The first-order valence-electron chi connectivity index (χ1n) is 5.00. The molecule has 0 radical (unpaired) electrons. The van der Waals surface area contributed by atoms with E-state index in [-0.39, 0.29) is 5.88 Å². The van der Waals surface area contributed by atoms with E-state index in [2.05, 4.69) is 9.97 Å². The van der Waals surface area contributed by atoms with Crippen LogP contribution in [0.5, 0.6) is 5.88 Å². The predicted molar refractivity (Wildman–Crippen MR) is 56.0 cm³/mol. The number of amides is 1. The van der Waals surface area contributed by atoms with E-state index >= 15 is 0 Å². The van der Waals surface area contributed by atoms with Crippen LogP contribution in [0.2, 0.25) is 0 Å². The highest BCUT2D eigenvalue weighted by Crippen LogP contribution is 2.15. The van der Waals surface area contributed by atoms with Crippen LogP contribution in [0.15, 0.2) is 12.4 Å². The topological polar surface area (TPSA) is 55.3 Å². The van der Waals surface area contributed by atoms with E-state index in [4.69, 9.17) is 4.74 Å². The van der Waals surface area contributed by atoms with Gasteiger partial charge in [-0.3, -0.25) is 9.78 Å². The van der Waals surface area contributed by atoms with E-state index in [1.165, 1.54) is 12.4 Å². The van der Waals surface area contributed by atoms with E-state index in [0.717, 1.165) is 7.05 Å². The van der Waals surface area contributed by atoms with Crippen molar-refractivity contribution in [2.24, 2.45) is 0 Å². The van der Waals surface area contributed by atoms with Crippen LogP contribution in [-0.2, 0) is 4.79 Å². The molecule has 1 rings (SSSR count). The lowest BCUT2D eigenvalue weighted by Crippen LogP contribution is -2.38. The van der Waals surface area contributed by atoms with E-state index in [0.29, 0.717) is 10.6 Å². The van der Waals surface area contributed by atoms with Crippen molar-refractivity contribution in [2.45, 2.75) is 13.1 Å². The Balaban J connectivity index is 2.46. The van der Waals surface area contributed by atoms with E-state index in [1.807, 2.05) is 0 Å². The second-order valence-electron chi connectivity index (χ2n) is 3.65. The van der Waals surface area contributed by atoms with E-state index in [9.17, 15) is 18.0 Å². The van der Waals surface area contributed by atoms with Gasteiger partial charge in [-0.1, -0.05) is 0 Å². The number of carbonyl (C=O) groups excluding carboxylic acids is 1. The van der Waals surface area contributed by atoms with Crippen LogP contribution in [0.25, 0.3) is 0 Å². The quantitative estimate of drug-likeness (QED) is 0.818. The fourth-order valence-electron chi connectivity index (χ4n) is 1.11. The minimum absolute atomic E-state index is 0.101. The molecule has 18 heavy (non-hydrogen) atoms. The van der Waals surface area contributed by atoms with Crippen molar-refractivity contribution < 1.29 is 22.7 Å². The smallest absolute Gasteiger partial charge is 0.406 e. The molecule has 0 atom stereocenters. The first-order valence-corrected chi connectivity index (χ1v) is 5.00. The third-order valence-corrected chi connectivity index (χ3v) is 1.92. The molecule has 0 aliphatic carbocycles. The molecule has 0 aromatic carbocycles. The molecule has 0 bridgehead atoms. The van der Waals surface area contributed by atoms with Gasteiger partial charge in [0.2, 0.25) is 5.88 Å². The number of aryl methyl sites for hydroxylation is 1. The third-order valence-electron chi connectivity index (χ3n) is 1.92. The maximum Gasteiger partial charge on any atom is 0.406 e. The molecule has 1 heterocycles. The van der Waals surface area contributed by atoms with Crippen molar-refractivity contribution in [1.82, 2.24) is 14.9 Å². The summed E-state index contributed by atoms with van der Waals surface area (Å²) in [6.07, 6.45) is -1.65. The predicted octanol–water partition coefficient (Wildman–Crippen LogP) is 1.18. The molecule has 8 heteroatoms. The molecule has 0 N–H and O–H groups in total. The van der Waals surface area contributed by atoms with Gasteiger partial charge in [-0.05, 0) is 6.92 Å². The van der Waals surface area contributed by atoms with Gasteiger partial charge < -0.3 is 9.64 Å². The van der Waals surface area contributed by atoms with Gasteiger partial charge in [0.1, 0.15) is 6.54 Å². The molecule has 0 saturated heterocycles. The van der Waals surface area contributed by atoms with Gasteiger partial charge in [-0.25, -0.2) is 4.98 Å². The van der Waals surface area contributed by atoms with Crippen molar-refractivity contribution in [3.8, 4) is 5.88 Å². The SMILES string of the molecule is Cc1cncc(OCC(=O)N(C)CC(F)(F)F)n1. The molecule has 0 saturated carbocycles. The number of ether oxygens (including phenoxy) is 1. The van der Waals surface area contributed by atoms with Crippen molar-refractivity contribution in [2.75, 3.05) is 20.2 Å². The number of likely N-dealkylation sites (N-methyl/N-ethyl adjacent to an activating group) is 1. The van der Waals surface area contributed by atoms with Crippen LogP contribution in [-0.4, -0.2) is 47.2 Å². The van der Waals surface area contributed by atoms with Gasteiger partial charge in [-0.15, -0.1) is 0 Å². The summed E-state index contributed by atoms with van der Waals surface area (Å²) < 4.78 is 41.0. The molecule has 1 amide bonds. The number of aromatic nitrogens is 2. The standard InChI is InChI=1S/C10H12F3N3O2/c1-7-3-14-4-8(15-7)18-5-9(17)16(2)6-10(11,12)13/h3-4H,5-6H2,1-2H3. The lowest BCUT2D eigenvalue weighted by Gasteiger charge is -2.18. The lowest BCUT2D eigenvalue weighted by molar-refractivity contribution is -0.159. The highest BCUT2D eigenvalue weighted by Gasteiger charge is 2.31. The number of nitrogens with zero attached hydrogens (tertiary/aromatic N) is 3. The van der Waals surface area contributed by atoms with Crippen molar-refractivity contribution in [1.29, 1.82) is 0 Å². The average molecular weight is 263 g/mol. The van der Waals surface area contributed by atoms with E-state index < -0.39 is 25.2 Å². The van der Waals surface area contributed by atoms with Crippen LogP contribution in [0.4, 0.5) is 13.2 Å². The van der Waals surface area contributed by atoms with Crippen LogP contribution in [0, 0.1) is 6.92 Å². The minimum atomic E-state index is -4.42. The largest absolute Gasteiger partial charge is 0.466 e. The zero-order chi connectivity index (χ0) is 13.8. The Hall–Kier alpha value is -1.86. The first-order chi connectivity index (χ1) is 8.28. The Morgan fingerprint density at radius 3 is 2.67 bits per heavy atom. The van der Waals surface area contributed by atoms with Crippen molar-refractivity contribution >= 4 is 5.91 Å².